The van der Waals surface area contributed by atoms with E-state index in [4.69, 9.17) is 23.2 Å². The Morgan fingerprint density at radius 3 is 2.00 bits per heavy atom. The molecule has 0 bridgehead atoms. The summed E-state index contributed by atoms with van der Waals surface area (Å²) in [6.45, 7) is 3.69. The number of Topliss-reactive ketones (excluding diaryl/α,β-unsaturated/α-hetero) is 1. The molecule has 2 rings (SSSR count). The van der Waals surface area contributed by atoms with E-state index in [9.17, 15) is 46.1 Å². The molecule has 1 heterocycles. The van der Waals surface area contributed by atoms with E-state index in [0.29, 0.717) is 17.4 Å². The van der Waals surface area contributed by atoms with E-state index in [2.05, 4.69) is 10.3 Å². The van der Waals surface area contributed by atoms with Gasteiger partial charge in [0.05, 0.1) is 20.5 Å². The molecule has 15 heteroatoms. The van der Waals surface area contributed by atoms with Crippen molar-refractivity contribution in [1.82, 2.24) is 10.3 Å². The normalized spacial score (nSPS) is 13.2. The van der Waals surface area contributed by atoms with E-state index in [0.717, 1.165) is 6.92 Å². The Morgan fingerprint density at radius 2 is 1.56 bits per heavy atom. The number of ketones is 1. The molecule has 0 spiro atoms. The topological polar surface area (TPSA) is 99.5 Å². The Morgan fingerprint density at radius 1 is 1.03 bits per heavy atom. The maximum absolute atomic E-state index is 13.3. The molecule has 0 aliphatic heterocycles. The number of rotatable bonds is 6. The lowest BCUT2D eigenvalue weighted by molar-refractivity contribution is -0.376. The van der Waals surface area contributed by atoms with Crippen LogP contribution in [-0.2, 0) is 5.60 Å². The third-order valence-electron chi connectivity index (χ3n) is 4.37. The molecule has 0 fully saturated rings. The van der Waals surface area contributed by atoms with Gasteiger partial charge in [0.15, 0.2) is 10.8 Å². The maximum atomic E-state index is 13.3. The highest BCUT2D eigenvalue weighted by Gasteiger charge is 2.72. The van der Waals surface area contributed by atoms with E-state index in [1.807, 2.05) is 0 Å². The summed E-state index contributed by atoms with van der Waals surface area (Å²) < 4.78 is 79.5. The summed E-state index contributed by atoms with van der Waals surface area (Å²) in [4.78, 5) is 28.1. The summed E-state index contributed by atoms with van der Waals surface area (Å²) in [5.41, 5.74) is -8.99. The number of hydrogen-bond acceptors (Lipinski definition) is 6. The molecule has 188 valence electrons. The Labute approximate surface area is 202 Å². The van der Waals surface area contributed by atoms with Crippen molar-refractivity contribution in [3.63, 3.8) is 0 Å². The van der Waals surface area contributed by atoms with Crippen molar-refractivity contribution >= 4 is 46.2 Å². The highest BCUT2D eigenvalue weighted by Crippen LogP contribution is 2.54. The van der Waals surface area contributed by atoms with Crippen molar-refractivity contribution in [3.8, 4) is 10.4 Å². The van der Waals surface area contributed by atoms with Crippen LogP contribution in [0.4, 0.5) is 26.3 Å². The van der Waals surface area contributed by atoms with E-state index in [1.165, 1.54) is 13.8 Å². The lowest BCUT2D eigenvalue weighted by atomic mass is 9.91. The molecule has 34 heavy (non-hydrogen) atoms. The Balaban J connectivity index is 2.66. The second-order valence-electron chi connectivity index (χ2n) is 7.74. The summed E-state index contributed by atoms with van der Waals surface area (Å²) >= 11 is 12.3. The monoisotopic (exact) mass is 552 g/mol. The fraction of sp³-hybridized carbons (Fsp3) is 0.421. The first-order chi connectivity index (χ1) is 15.2. The van der Waals surface area contributed by atoms with E-state index in [-0.39, 0.29) is 33.8 Å². The van der Waals surface area contributed by atoms with Gasteiger partial charge in [0.1, 0.15) is 5.69 Å². The van der Waals surface area contributed by atoms with Crippen LogP contribution in [0.2, 0.25) is 10.0 Å². The molecular weight excluding hydrogens is 537 g/mol. The molecule has 0 atom stereocenters. The zero-order chi connectivity index (χ0) is 26.4. The number of benzene rings is 1. The highest BCUT2D eigenvalue weighted by molar-refractivity contribution is 7.17. The number of alkyl halides is 6. The third kappa shape index (κ3) is 5.33. The van der Waals surface area contributed by atoms with Gasteiger partial charge in [-0.1, -0.05) is 35.3 Å². The minimum atomic E-state index is -6.19. The Kier molecular flexibility index (Phi) is 7.71. The van der Waals surface area contributed by atoms with Crippen LogP contribution >= 0.6 is 34.5 Å². The van der Waals surface area contributed by atoms with Gasteiger partial charge in [-0.15, -0.1) is 11.3 Å². The van der Waals surface area contributed by atoms with Gasteiger partial charge in [-0.25, -0.2) is 4.98 Å². The quantitative estimate of drug-likeness (QED) is 0.340. The first-order valence-corrected chi connectivity index (χ1v) is 10.7. The molecule has 1 aromatic heterocycles. The summed E-state index contributed by atoms with van der Waals surface area (Å²) in [5.74, 6) is -1.49. The standard InChI is InChI=1S/C19H16Cl2F6N2O4S/c1-7(30)12-13(34-15(29-12)14(31)28-6-16(2,3)32)8-4-5-9(11(21)10(8)20)17(33,18(22,23)24)19(25,26)27/h4-5,32-33H,6H2,1-3H3,(H,28,31). The lowest BCUT2D eigenvalue weighted by Crippen LogP contribution is -2.54. The zero-order valence-corrected chi connectivity index (χ0v) is 19.8. The second-order valence-corrected chi connectivity index (χ2v) is 9.50. The lowest BCUT2D eigenvalue weighted by Gasteiger charge is -2.33. The second kappa shape index (κ2) is 9.26. The van der Waals surface area contributed by atoms with E-state index >= 15 is 0 Å². The van der Waals surface area contributed by atoms with Gasteiger partial charge in [-0.05, 0) is 13.8 Å². The molecule has 6 nitrogen and oxygen atoms in total. The first-order valence-electron chi connectivity index (χ1n) is 9.09. The number of nitrogens with zero attached hydrogens (tertiary/aromatic N) is 1. The minimum Gasteiger partial charge on any atom is -0.389 e. The van der Waals surface area contributed by atoms with Crippen molar-refractivity contribution in [1.29, 1.82) is 0 Å². The average molecular weight is 553 g/mol. The zero-order valence-electron chi connectivity index (χ0n) is 17.5. The number of carbonyl (C=O) groups is 2. The van der Waals surface area contributed by atoms with Crippen LogP contribution in [-0.4, -0.2) is 51.4 Å². The van der Waals surface area contributed by atoms with Crippen LogP contribution in [0.3, 0.4) is 0 Å². The number of aliphatic hydroxyl groups is 2. The molecule has 0 saturated carbocycles. The van der Waals surface area contributed by atoms with Crippen molar-refractivity contribution in [2.24, 2.45) is 0 Å². The van der Waals surface area contributed by atoms with Crippen molar-refractivity contribution in [2.75, 3.05) is 6.54 Å². The van der Waals surface area contributed by atoms with Gasteiger partial charge in [0, 0.05) is 24.6 Å². The van der Waals surface area contributed by atoms with Crippen molar-refractivity contribution in [2.45, 2.75) is 44.3 Å². The Hall–Kier alpha value is -1.93. The molecule has 0 unspecified atom stereocenters. The van der Waals surface area contributed by atoms with Crippen LogP contribution in [0.1, 0.15) is 46.6 Å². The first kappa shape index (κ1) is 28.3. The van der Waals surface area contributed by atoms with Crippen LogP contribution in [0.5, 0.6) is 0 Å². The fourth-order valence-electron chi connectivity index (χ4n) is 2.68. The van der Waals surface area contributed by atoms with Gasteiger partial charge >= 0.3 is 12.4 Å². The smallest absolute Gasteiger partial charge is 0.389 e. The van der Waals surface area contributed by atoms with Crippen LogP contribution in [0, 0.1) is 0 Å². The molecule has 0 saturated heterocycles. The van der Waals surface area contributed by atoms with Crippen LogP contribution in [0.15, 0.2) is 12.1 Å². The summed E-state index contributed by atoms with van der Waals surface area (Å²) in [7, 11) is 0. The molecule has 1 aromatic carbocycles. The largest absolute Gasteiger partial charge is 0.430 e. The van der Waals surface area contributed by atoms with Gasteiger partial charge in [0.2, 0.25) is 0 Å². The average Bonchev–Trinajstić information content (AvgIpc) is 3.10. The fourth-order valence-corrected chi connectivity index (χ4v) is 4.36. The Bertz CT molecular complexity index is 1110. The number of nitrogens with one attached hydrogen (secondary N) is 1. The van der Waals surface area contributed by atoms with Gasteiger partial charge in [-0.3, -0.25) is 9.59 Å². The predicted octanol–water partition coefficient (Wildman–Crippen LogP) is 5.13. The SMILES string of the molecule is CC(=O)c1nc(C(=O)NCC(C)(C)O)sc1-c1ccc(C(O)(C(F)(F)F)C(F)(F)F)c(Cl)c1Cl. The predicted molar refractivity (Wildman–Crippen MR) is 112 cm³/mol. The molecule has 0 radical (unpaired) electrons. The number of hydrogen-bond donors (Lipinski definition) is 3. The number of halogens is 8. The molecule has 0 aliphatic rings. The van der Waals surface area contributed by atoms with E-state index < -0.39 is 50.9 Å². The van der Waals surface area contributed by atoms with Crippen molar-refractivity contribution < 1.29 is 46.1 Å². The van der Waals surface area contributed by atoms with Crippen molar-refractivity contribution in [3.05, 3.63) is 38.4 Å². The molecule has 3 N–H and O–H groups in total. The molecule has 0 aliphatic carbocycles. The summed E-state index contributed by atoms with van der Waals surface area (Å²) in [6.07, 6.45) is -12.4. The molecular formula is C19H16Cl2F6N2O4S. The summed E-state index contributed by atoms with van der Waals surface area (Å²) in [5, 5.41) is 19.3. The van der Waals surface area contributed by atoms with Crippen LogP contribution < -0.4 is 5.32 Å². The number of amides is 1. The maximum Gasteiger partial charge on any atom is 0.430 e. The van der Waals surface area contributed by atoms with Gasteiger partial charge in [0.25, 0.3) is 11.5 Å². The van der Waals surface area contributed by atoms with Gasteiger partial charge < -0.3 is 15.5 Å². The number of aromatic nitrogens is 1. The highest BCUT2D eigenvalue weighted by atomic mass is 35.5. The third-order valence-corrected chi connectivity index (χ3v) is 6.34. The van der Waals surface area contributed by atoms with Crippen LogP contribution in [0.25, 0.3) is 10.4 Å². The number of thiazole rings is 1. The molecule has 2 aromatic rings. The van der Waals surface area contributed by atoms with E-state index in [1.54, 1.807) is 0 Å². The molecule has 1 amide bonds. The minimum absolute atomic E-state index is 0.151. The number of carbonyl (C=O) groups excluding carboxylic acids is 2. The summed E-state index contributed by atoms with van der Waals surface area (Å²) in [6, 6.07) is 0.979. The van der Waals surface area contributed by atoms with Gasteiger partial charge in [-0.2, -0.15) is 26.3 Å².